The zero-order valence-electron chi connectivity index (χ0n) is 12.1. The topological polar surface area (TPSA) is 62.3 Å². The number of pyridine rings is 1. The van der Waals surface area contributed by atoms with Crippen LogP contribution in [0, 0.1) is 5.92 Å². The molecule has 112 valence electrons. The monoisotopic (exact) mass is 351 g/mol. The maximum Gasteiger partial charge on any atom is 0.249 e. The lowest BCUT2D eigenvalue weighted by atomic mass is 9.89. The highest BCUT2D eigenvalue weighted by molar-refractivity contribution is 9.10. The van der Waals surface area contributed by atoms with Gasteiger partial charge in [0.25, 0.3) is 0 Å². The third-order valence-corrected chi connectivity index (χ3v) is 4.88. The number of carbonyl (C=O) groups excluding carboxylic acids is 2. The summed E-state index contributed by atoms with van der Waals surface area (Å²) in [5.74, 6) is 0.202. The largest absolute Gasteiger partial charge is 0.340 e. The van der Waals surface area contributed by atoms with Gasteiger partial charge in [-0.2, -0.15) is 0 Å². The molecule has 1 saturated heterocycles. The van der Waals surface area contributed by atoms with Gasteiger partial charge in [-0.05, 0) is 60.2 Å². The molecule has 1 aromatic heterocycles. The Bertz CT molecular complexity index is 602. The normalized spacial score (nSPS) is 29.5. The van der Waals surface area contributed by atoms with E-state index >= 15 is 0 Å². The zero-order chi connectivity index (χ0) is 15.2. The highest BCUT2D eigenvalue weighted by atomic mass is 79.9. The van der Waals surface area contributed by atoms with Gasteiger partial charge in [0, 0.05) is 23.4 Å². The number of amides is 2. The second kappa shape index (κ2) is 5.09. The van der Waals surface area contributed by atoms with Crippen LogP contribution in [0.15, 0.2) is 22.9 Å². The molecule has 2 unspecified atom stereocenters. The lowest BCUT2D eigenvalue weighted by Gasteiger charge is -2.43. The van der Waals surface area contributed by atoms with E-state index in [0.29, 0.717) is 6.54 Å². The van der Waals surface area contributed by atoms with Crippen LogP contribution in [-0.2, 0) is 16.1 Å². The maximum atomic E-state index is 12.9. The molecular formula is C15H18BrN3O2. The Morgan fingerprint density at radius 2 is 2.14 bits per heavy atom. The Hall–Kier alpha value is -1.43. The first kappa shape index (κ1) is 14.5. The minimum Gasteiger partial charge on any atom is -0.340 e. The molecule has 1 saturated carbocycles. The van der Waals surface area contributed by atoms with Crippen molar-refractivity contribution in [1.29, 1.82) is 0 Å². The number of aromatic nitrogens is 1. The van der Waals surface area contributed by atoms with Crippen LogP contribution in [-0.4, -0.2) is 33.3 Å². The minimum absolute atomic E-state index is 0.0112. The van der Waals surface area contributed by atoms with Gasteiger partial charge in [0.05, 0.1) is 0 Å². The van der Waals surface area contributed by atoms with Crippen molar-refractivity contribution in [3.8, 4) is 0 Å². The van der Waals surface area contributed by atoms with Crippen molar-refractivity contribution in [2.75, 3.05) is 0 Å². The fourth-order valence-corrected chi connectivity index (χ4v) is 3.33. The van der Waals surface area contributed by atoms with Gasteiger partial charge in [0.2, 0.25) is 11.8 Å². The van der Waals surface area contributed by atoms with Crippen molar-refractivity contribution in [3.05, 3.63) is 28.5 Å². The summed E-state index contributed by atoms with van der Waals surface area (Å²) in [5, 5.41) is 2.93. The van der Waals surface area contributed by atoms with Gasteiger partial charge in [-0.15, -0.1) is 0 Å². The minimum atomic E-state index is -0.747. The molecule has 1 aliphatic carbocycles. The van der Waals surface area contributed by atoms with Crippen molar-refractivity contribution >= 4 is 27.7 Å². The average molecular weight is 352 g/mol. The summed E-state index contributed by atoms with van der Waals surface area (Å²) in [6.45, 7) is 4.02. The number of hydrogen-bond donors (Lipinski definition) is 1. The first-order chi connectivity index (χ1) is 9.91. The van der Waals surface area contributed by atoms with E-state index in [9.17, 15) is 9.59 Å². The molecule has 1 aromatic rings. The van der Waals surface area contributed by atoms with Gasteiger partial charge < -0.3 is 10.2 Å². The number of carbonyl (C=O) groups is 2. The number of nitrogens with one attached hydrogen (secondary N) is 1. The molecule has 5 nitrogen and oxygen atoms in total. The molecule has 0 spiro atoms. The van der Waals surface area contributed by atoms with Gasteiger partial charge in [-0.1, -0.05) is 0 Å². The Labute approximate surface area is 132 Å². The number of hydrogen-bond acceptors (Lipinski definition) is 3. The van der Waals surface area contributed by atoms with E-state index in [4.69, 9.17) is 0 Å². The van der Waals surface area contributed by atoms with Crippen molar-refractivity contribution in [3.63, 3.8) is 0 Å². The molecule has 2 amide bonds. The number of piperazine rings is 1. The van der Waals surface area contributed by atoms with E-state index < -0.39 is 11.6 Å². The molecule has 21 heavy (non-hydrogen) atoms. The van der Waals surface area contributed by atoms with Crippen LogP contribution in [0.25, 0.3) is 0 Å². The molecule has 2 aliphatic rings. The highest BCUT2D eigenvalue weighted by Crippen LogP contribution is 2.42. The van der Waals surface area contributed by atoms with Gasteiger partial charge in [0.1, 0.15) is 11.6 Å². The van der Waals surface area contributed by atoms with Gasteiger partial charge in [-0.3, -0.25) is 14.6 Å². The van der Waals surface area contributed by atoms with Crippen molar-refractivity contribution in [2.24, 2.45) is 5.92 Å². The van der Waals surface area contributed by atoms with E-state index in [1.165, 1.54) is 0 Å². The first-order valence-electron chi connectivity index (χ1n) is 7.14. The SMILES string of the molecule is CC1C(=O)NC(C)(C2CC2)C(=O)N1Cc1cncc(Br)c1. The predicted octanol–water partition coefficient (Wildman–Crippen LogP) is 1.86. The quantitative estimate of drug-likeness (QED) is 0.903. The summed E-state index contributed by atoms with van der Waals surface area (Å²) in [6.07, 6.45) is 5.43. The molecule has 2 fully saturated rings. The average Bonchev–Trinajstić information content (AvgIpc) is 3.26. The molecular weight excluding hydrogens is 334 g/mol. The highest BCUT2D eigenvalue weighted by Gasteiger charge is 2.54. The number of rotatable bonds is 3. The zero-order valence-corrected chi connectivity index (χ0v) is 13.7. The molecule has 0 radical (unpaired) electrons. The molecule has 1 aliphatic heterocycles. The van der Waals surface area contributed by atoms with E-state index in [0.717, 1.165) is 22.9 Å². The smallest absolute Gasteiger partial charge is 0.249 e. The van der Waals surface area contributed by atoms with Gasteiger partial charge in [0.15, 0.2) is 0 Å². The molecule has 2 atom stereocenters. The molecule has 0 bridgehead atoms. The van der Waals surface area contributed by atoms with Gasteiger partial charge >= 0.3 is 0 Å². The Balaban J connectivity index is 1.87. The molecule has 6 heteroatoms. The third-order valence-electron chi connectivity index (χ3n) is 4.44. The second-order valence-electron chi connectivity index (χ2n) is 6.09. The molecule has 1 N–H and O–H groups in total. The summed E-state index contributed by atoms with van der Waals surface area (Å²) in [7, 11) is 0. The van der Waals surface area contributed by atoms with Crippen LogP contribution in [0.5, 0.6) is 0 Å². The Morgan fingerprint density at radius 3 is 2.76 bits per heavy atom. The van der Waals surface area contributed by atoms with Crippen LogP contribution >= 0.6 is 15.9 Å². The van der Waals surface area contributed by atoms with Crippen LogP contribution < -0.4 is 5.32 Å². The number of halogens is 1. The number of nitrogens with zero attached hydrogens (tertiary/aromatic N) is 2. The van der Waals surface area contributed by atoms with Crippen molar-refractivity contribution in [2.45, 2.75) is 44.8 Å². The summed E-state index contributed by atoms with van der Waals surface area (Å²) < 4.78 is 0.867. The van der Waals surface area contributed by atoms with Crippen LogP contribution in [0.1, 0.15) is 32.3 Å². The van der Waals surface area contributed by atoms with E-state index in [2.05, 4.69) is 26.2 Å². The fourth-order valence-electron chi connectivity index (χ4n) is 2.91. The van der Waals surface area contributed by atoms with E-state index in [1.807, 2.05) is 13.0 Å². The lowest BCUT2D eigenvalue weighted by molar-refractivity contribution is -0.155. The van der Waals surface area contributed by atoms with E-state index in [-0.39, 0.29) is 17.7 Å². The molecule has 3 rings (SSSR count). The first-order valence-corrected chi connectivity index (χ1v) is 7.93. The second-order valence-corrected chi connectivity index (χ2v) is 7.00. The van der Waals surface area contributed by atoms with Crippen molar-refractivity contribution in [1.82, 2.24) is 15.2 Å². The summed E-state index contributed by atoms with van der Waals surface area (Å²) >= 11 is 3.38. The lowest BCUT2D eigenvalue weighted by Crippen LogP contribution is -2.69. The third kappa shape index (κ3) is 2.57. The van der Waals surface area contributed by atoms with Crippen LogP contribution in [0.4, 0.5) is 0 Å². The van der Waals surface area contributed by atoms with Gasteiger partial charge in [-0.25, -0.2) is 0 Å². The summed E-state index contributed by atoms with van der Waals surface area (Å²) in [5.41, 5.74) is 0.167. The van der Waals surface area contributed by atoms with Crippen LogP contribution in [0.3, 0.4) is 0 Å². The van der Waals surface area contributed by atoms with Crippen LogP contribution in [0.2, 0.25) is 0 Å². The maximum absolute atomic E-state index is 12.9. The van der Waals surface area contributed by atoms with Crippen molar-refractivity contribution < 1.29 is 9.59 Å². The molecule has 0 aromatic carbocycles. The Kier molecular flexibility index (Phi) is 3.51. The fraction of sp³-hybridized carbons (Fsp3) is 0.533. The summed E-state index contributed by atoms with van der Waals surface area (Å²) in [4.78, 5) is 30.9. The molecule has 2 heterocycles. The van der Waals surface area contributed by atoms with E-state index in [1.54, 1.807) is 24.2 Å². The summed E-state index contributed by atoms with van der Waals surface area (Å²) in [6, 6.07) is 1.47. The Morgan fingerprint density at radius 1 is 1.43 bits per heavy atom. The standard InChI is InChI=1S/C15H18BrN3O2/c1-9-13(20)18-15(2,11-3-4-11)14(21)19(9)8-10-5-12(16)7-17-6-10/h5-7,9,11H,3-4,8H2,1-2H3,(H,18,20). The predicted molar refractivity (Wildman–Crippen MR) is 81.2 cm³/mol.